The fourth-order valence-electron chi connectivity index (χ4n) is 3.15. The summed E-state index contributed by atoms with van der Waals surface area (Å²) < 4.78 is 33.0. The summed E-state index contributed by atoms with van der Waals surface area (Å²) in [5.41, 5.74) is 8.34. The van der Waals surface area contributed by atoms with Crippen LogP contribution in [-0.4, -0.2) is 29.5 Å². The highest BCUT2D eigenvalue weighted by atomic mass is 32.2. The van der Waals surface area contributed by atoms with Crippen LogP contribution >= 0.6 is 0 Å². The van der Waals surface area contributed by atoms with Crippen LogP contribution in [-0.2, 0) is 10.0 Å². The highest BCUT2D eigenvalue weighted by molar-refractivity contribution is 7.90. The van der Waals surface area contributed by atoms with Gasteiger partial charge >= 0.3 is 0 Å². The number of aryl methyl sites for hydroxylation is 1. The summed E-state index contributed by atoms with van der Waals surface area (Å²) in [6, 6.07) is 13.6. The monoisotopic (exact) mass is 382 g/mol. The van der Waals surface area contributed by atoms with Crippen LogP contribution in [0.1, 0.15) is 5.69 Å². The Morgan fingerprint density at radius 1 is 1.15 bits per heavy atom. The van der Waals surface area contributed by atoms with Gasteiger partial charge in [-0.1, -0.05) is 18.2 Å². The number of aromatic amines is 1. The number of hydrogen-bond donors (Lipinski definition) is 2. The third-order valence-corrected chi connectivity index (χ3v) is 6.12. The Labute approximate surface area is 156 Å². The van der Waals surface area contributed by atoms with Crippen molar-refractivity contribution in [1.29, 1.82) is 0 Å². The summed E-state index contributed by atoms with van der Waals surface area (Å²) >= 11 is 0. The molecule has 0 fully saturated rings. The van der Waals surface area contributed by atoms with E-state index in [0.29, 0.717) is 27.9 Å². The lowest BCUT2D eigenvalue weighted by atomic mass is 10.1. The molecular weight excluding hydrogens is 364 g/mol. The first-order valence-electron chi connectivity index (χ1n) is 8.24. The van der Waals surface area contributed by atoms with Crippen LogP contribution in [0.2, 0.25) is 0 Å². The standard InChI is InChI=1S/C19H18N4O3S/c1-12-18(22-19(20)21-12)16-11-23(17-9-8-13(26-2)10-15(16)17)27(24,25)14-6-4-3-5-7-14/h3-11H,1-2H3,(H3,20,21,22). The minimum absolute atomic E-state index is 0.211. The summed E-state index contributed by atoms with van der Waals surface area (Å²) in [6.07, 6.45) is 1.58. The molecule has 8 heteroatoms. The fourth-order valence-corrected chi connectivity index (χ4v) is 4.54. The third-order valence-electron chi connectivity index (χ3n) is 4.44. The summed E-state index contributed by atoms with van der Waals surface area (Å²) in [7, 11) is -2.21. The number of ether oxygens (including phenoxy) is 1. The molecule has 0 spiro atoms. The number of imidazole rings is 1. The van der Waals surface area contributed by atoms with E-state index in [0.717, 1.165) is 5.69 Å². The lowest BCUT2D eigenvalue weighted by Gasteiger charge is -2.07. The van der Waals surface area contributed by atoms with Crippen molar-refractivity contribution >= 4 is 26.9 Å². The molecule has 0 saturated heterocycles. The maximum atomic E-state index is 13.2. The van der Waals surface area contributed by atoms with Crippen LogP contribution in [0, 0.1) is 6.92 Å². The van der Waals surface area contributed by atoms with E-state index in [9.17, 15) is 8.42 Å². The highest BCUT2D eigenvalue weighted by Crippen LogP contribution is 2.35. The number of nitrogens with zero attached hydrogens (tertiary/aromatic N) is 2. The van der Waals surface area contributed by atoms with E-state index in [1.807, 2.05) is 6.92 Å². The topological polar surface area (TPSA) is 103 Å². The van der Waals surface area contributed by atoms with E-state index < -0.39 is 10.0 Å². The first kappa shape index (κ1) is 17.2. The van der Waals surface area contributed by atoms with E-state index in [-0.39, 0.29) is 10.8 Å². The largest absolute Gasteiger partial charge is 0.497 e. The third kappa shape index (κ3) is 2.74. The number of hydrogen-bond acceptors (Lipinski definition) is 5. The molecule has 0 radical (unpaired) electrons. The fraction of sp³-hybridized carbons (Fsp3) is 0.105. The lowest BCUT2D eigenvalue weighted by Crippen LogP contribution is -2.11. The zero-order valence-electron chi connectivity index (χ0n) is 14.8. The summed E-state index contributed by atoms with van der Waals surface area (Å²) in [4.78, 5) is 7.49. The van der Waals surface area contributed by atoms with Gasteiger partial charge in [0.05, 0.1) is 23.2 Å². The summed E-state index contributed by atoms with van der Waals surface area (Å²) in [5.74, 6) is 0.900. The molecule has 0 amide bonds. The molecular formula is C19H18N4O3S. The number of H-pyrrole nitrogens is 1. The number of nitrogens with one attached hydrogen (secondary N) is 1. The number of anilines is 1. The number of aromatic nitrogens is 3. The van der Waals surface area contributed by atoms with Gasteiger partial charge in [-0.05, 0) is 37.3 Å². The van der Waals surface area contributed by atoms with Gasteiger partial charge in [0, 0.05) is 22.8 Å². The van der Waals surface area contributed by atoms with Crippen molar-refractivity contribution in [1.82, 2.24) is 13.9 Å². The predicted molar refractivity (Wildman–Crippen MR) is 104 cm³/mol. The van der Waals surface area contributed by atoms with Crippen LogP contribution in [0.4, 0.5) is 5.95 Å². The first-order valence-corrected chi connectivity index (χ1v) is 9.68. The number of methoxy groups -OCH3 is 1. The number of nitrogen functional groups attached to an aromatic ring is 1. The molecule has 0 saturated carbocycles. The first-order chi connectivity index (χ1) is 12.9. The molecule has 0 aliphatic carbocycles. The van der Waals surface area contributed by atoms with Gasteiger partial charge in [0.25, 0.3) is 10.0 Å². The molecule has 0 aliphatic rings. The van der Waals surface area contributed by atoms with Crippen molar-refractivity contribution in [3.05, 3.63) is 60.4 Å². The van der Waals surface area contributed by atoms with Crippen LogP contribution < -0.4 is 10.5 Å². The lowest BCUT2D eigenvalue weighted by molar-refractivity contribution is 0.415. The number of rotatable bonds is 4. The van der Waals surface area contributed by atoms with Gasteiger partial charge in [-0.15, -0.1) is 0 Å². The smallest absolute Gasteiger partial charge is 0.268 e. The zero-order valence-corrected chi connectivity index (χ0v) is 15.6. The Hall–Kier alpha value is -3.26. The molecule has 0 atom stereocenters. The normalized spacial score (nSPS) is 11.8. The number of benzene rings is 2. The molecule has 2 heterocycles. The molecule has 0 aliphatic heterocycles. The van der Waals surface area contributed by atoms with Crippen molar-refractivity contribution in [2.75, 3.05) is 12.8 Å². The minimum Gasteiger partial charge on any atom is -0.497 e. The van der Waals surface area contributed by atoms with Gasteiger partial charge in [-0.2, -0.15) is 0 Å². The maximum absolute atomic E-state index is 13.2. The molecule has 4 aromatic rings. The second-order valence-corrected chi connectivity index (χ2v) is 7.95. The van der Waals surface area contributed by atoms with E-state index in [4.69, 9.17) is 10.5 Å². The molecule has 2 aromatic carbocycles. The molecule has 7 nitrogen and oxygen atoms in total. The Morgan fingerprint density at radius 3 is 2.52 bits per heavy atom. The van der Waals surface area contributed by atoms with Crippen molar-refractivity contribution < 1.29 is 13.2 Å². The van der Waals surface area contributed by atoms with Crippen molar-refractivity contribution in [2.24, 2.45) is 0 Å². The van der Waals surface area contributed by atoms with Crippen LogP contribution in [0.25, 0.3) is 22.2 Å². The van der Waals surface area contributed by atoms with Gasteiger partial charge in [0.15, 0.2) is 5.95 Å². The number of fused-ring (bicyclic) bond motifs is 1. The van der Waals surface area contributed by atoms with Gasteiger partial charge in [0.2, 0.25) is 0 Å². The average Bonchev–Trinajstić information content (AvgIpc) is 3.21. The van der Waals surface area contributed by atoms with Gasteiger partial charge in [-0.3, -0.25) is 0 Å². The quantitative estimate of drug-likeness (QED) is 0.564. The van der Waals surface area contributed by atoms with E-state index >= 15 is 0 Å². The highest BCUT2D eigenvalue weighted by Gasteiger charge is 2.23. The second-order valence-electron chi connectivity index (χ2n) is 6.14. The van der Waals surface area contributed by atoms with E-state index in [1.54, 1.807) is 61.8 Å². The zero-order chi connectivity index (χ0) is 19.2. The summed E-state index contributed by atoms with van der Waals surface area (Å²) in [6.45, 7) is 1.84. The molecule has 0 bridgehead atoms. The SMILES string of the molecule is COc1ccc2c(c1)c(-c1nc(N)[nH]c1C)cn2S(=O)(=O)c1ccccc1. The Kier molecular flexibility index (Phi) is 3.92. The van der Waals surface area contributed by atoms with Crippen LogP contribution in [0.5, 0.6) is 5.75 Å². The Morgan fingerprint density at radius 2 is 1.89 bits per heavy atom. The molecule has 138 valence electrons. The molecule has 2 aromatic heterocycles. The van der Waals surface area contributed by atoms with Crippen molar-refractivity contribution in [2.45, 2.75) is 11.8 Å². The molecule has 27 heavy (non-hydrogen) atoms. The second kappa shape index (κ2) is 6.17. The molecule has 3 N–H and O–H groups in total. The Bertz CT molecular complexity index is 1240. The average molecular weight is 382 g/mol. The van der Waals surface area contributed by atoms with Crippen LogP contribution in [0.15, 0.2) is 59.6 Å². The number of nitrogens with two attached hydrogens (primary N) is 1. The predicted octanol–water partition coefficient (Wildman–Crippen LogP) is 3.17. The van der Waals surface area contributed by atoms with Gasteiger partial charge in [-0.25, -0.2) is 17.4 Å². The maximum Gasteiger partial charge on any atom is 0.268 e. The summed E-state index contributed by atoms with van der Waals surface area (Å²) in [5, 5.41) is 0.712. The molecule has 4 rings (SSSR count). The van der Waals surface area contributed by atoms with Crippen molar-refractivity contribution in [3.8, 4) is 17.0 Å². The Balaban J connectivity index is 2.05. The van der Waals surface area contributed by atoms with Crippen LogP contribution in [0.3, 0.4) is 0 Å². The van der Waals surface area contributed by atoms with E-state index in [2.05, 4.69) is 9.97 Å². The van der Waals surface area contributed by atoms with Gasteiger partial charge < -0.3 is 15.5 Å². The van der Waals surface area contributed by atoms with Gasteiger partial charge in [0.1, 0.15) is 5.75 Å². The van der Waals surface area contributed by atoms with Crippen molar-refractivity contribution in [3.63, 3.8) is 0 Å². The minimum atomic E-state index is -3.77. The van der Waals surface area contributed by atoms with E-state index in [1.165, 1.54) is 3.97 Å². The molecule has 0 unspecified atom stereocenters.